The van der Waals surface area contributed by atoms with Gasteiger partial charge in [0.1, 0.15) is 59.6 Å². The molecule has 6 aliphatic rings. The van der Waals surface area contributed by atoms with Crippen LogP contribution < -0.4 is 19.7 Å². The van der Waals surface area contributed by atoms with Gasteiger partial charge in [0.25, 0.3) is 0 Å². The van der Waals surface area contributed by atoms with Gasteiger partial charge in [-0.15, -0.1) is 0 Å². The Kier molecular flexibility index (Phi) is 10.3. The molecule has 326 valence electrons. The van der Waals surface area contributed by atoms with Crippen LogP contribution in [0, 0.1) is 17.6 Å². The lowest BCUT2D eigenvalue weighted by molar-refractivity contribution is -0.181. The van der Waals surface area contributed by atoms with E-state index in [-0.39, 0.29) is 109 Å². The molecule has 0 aliphatic carbocycles. The summed E-state index contributed by atoms with van der Waals surface area (Å²) >= 11 is 0. The Balaban J connectivity index is 1.19. The van der Waals surface area contributed by atoms with Crippen LogP contribution in [0.2, 0.25) is 0 Å². The monoisotopic (exact) mass is 863 g/mol. The van der Waals surface area contributed by atoms with E-state index in [4.69, 9.17) is 14.2 Å². The zero-order chi connectivity index (χ0) is 43.0. The predicted octanol–water partition coefficient (Wildman–Crippen LogP) is 7.39. The van der Waals surface area contributed by atoms with Gasteiger partial charge in [-0.3, -0.25) is 9.88 Å². The summed E-state index contributed by atoms with van der Waals surface area (Å²) in [5, 5.41) is 3.11. The summed E-state index contributed by atoms with van der Waals surface area (Å²) in [4.78, 5) is 44.0. The van der Waals surface area contributed by atoms with E-state index >= 15 is 13.2 Å². The van der Waals surface area contributed by atoms with Crippen molar-refractivity contribution >= 4 is 39.7 Å². The summed E-state index contributed by atoms with van der Waals surface area (Å²) in [6.07, 6.45) is -9.13. The number of rotatable bonds is 4. The zero-order valence-corrected chi connectivity index (χ0v) is 32.8. The van der Waals surface area contributed by atoms with Gasteiger partial charge in [-0.25, -0.2) is 31.5 Å². The summed E-state index contributed by atoms with van der Waals surface area (Å²) in [6, 6.07) is 4.64. The van der Waals surface area contributed by atoms with Crippen molar-refractivity contribution in [1.82, 2.24) is 30.1 Å². The third-order valence-corrected chi connectivity index (χ3v) is 12.5. The van der Waals surface area contributed by atoms with Crippen molar-refractivity contribution in [3.8, 4) is 23.0 Å². The molecule has 4 aromatic rings. The maximum Gasteiger partial charge on any atom is 0.415 e. The molecule has 2 amide bonds. The van der Waals surface area contributed by atoms with Gasteiger partial charge in [-0.2, -0.15) is 23.1 Å². The SMILES string of the molecule is C[C@@]12C[C@@H](F)CN(C1)c1nc(OC[C@@]34CCCN3C[C@H](F)C4)nc3c(F)c(ncc13)-c1cc(OC(=O)N3C[C@H](F)[C@@H](C(F)(F)F)C3)cc3ccc(F)c(c13)CCCOC(=O)N2. The number of aryl methyl sites for hydroxylation is 1. The number of nitrogens with zero attached hydrogens (tertiary/aromatic N) is 6. The molecule has 20 heteroatoms. The fourth-order valence-corrected chi connectivity index (χ4v) is 9.82. The second-order valence-corrected chi connectivity index (χ2v) is 17.0. The van der Waals surface area contributed by atoms with Crippen LogP contribution in [0.1, 0.15) is 44.6 Å². The average Bonchev–Trinajstić information content (AvgIpc) is 3.87. The van der Waals surface area contributed by atoms with E-state index in [9.17, 15) is 31.5 Å². The Bertz CT molecular complexity index is 2410. The first-order valence-electron chi connectivity index (χ1n) is 20.1. The van der Waals surface area contributed by atoms with Gasteiger partial charge in [0.2, 0.25) is 0 Å². The highest BCUT2D eigenvalue weighted by Gasteiger charge is 2.52. The van der Waals surface area contributed by atoms with Crippen LogP contribution in [0.5, 0.6) is 11.8 Å². The minimum Gasteiger partial charge on any atom is -0.461 e. The van der Waals surface area contributed by atoms with Crippen LogP contribution in [0.15, 0.2) is 30.5 Å². The summed E-state index contributed by atoms with van der Waals surface area (Å²) in [6.45, 7) is 0.238. The number of aromatic nitrogens is 3. The van der Waals surface area contributed by atoms with Crippen LogP contribution in [-0.4, -0.2) is 125 Å². The molecule has 61 heavy (non-hydrogen) atoms. The maximum absolute atomic E-state index is 17.5. The van der Waals surface area contributed by atoms with Crippen molar-refractivity contribution in [1.29, 1.82) is 0 Å². The first kappa shape index (κ1) is 41.1. The van der Waals surface area contributed by atoms with Crippen LogP contribution in [0.4, 0.5) is 50.5 Å². The molecule has 8 heterocycles. The number of pyridine rings is 1. The van der Waals surface area contributed by atoms with Gasteiger partial charge in [0, 0.05) is 44.2 Å². The van der Waals surface area contributed by atoms with Crippen LogP contribution in [-0.2, 0) is 11.2 Å². The molecule has 6 bridgehead atoms. The molecule has 10 rings (SSSR count). The van der Waals surface area contributed by atoms with Crippen molar-refractivity contribution in [3.05, 3.63) is 47.7 Å². The molecule has 12 nitrogen and oxygen atoms in total. The molecule has 2 aromatic carbocycles. The number of carbonyl (C=O) groups is 2. The first-order chi connectivity index (χ1) is 29.0. The molecular formula is C41H41F8N7O5. The van der Waals surface area contributed by atoms with Crippen LogP contribution in [0.25, 0.3) is 32.9 Å². The van der Waals surface area contributed by atoms with Gasteiger partial charge in [0.05, 0.1) is 36.2 Å². The van der Waals surface area contributed by atoms with Crippen molar-refractivity contribution < 1.29 is 58.9 Å². The smallest absolute Gasteiger partial charge is 0.415 e. The van der Waals surface area contributed by atoms with Crippen molar-refractivity contribution in [2.24, 2.45) is 5.92 Å². The number of halogens is 8. The highest BCUT2D eigenvalue weighted by Crippen LogP contribution is 2.43. The molecule has 6 atom stereocenters. The van der Waals surface area contributed by atoms with Crippen LogP contribution >= 0.6 is 0 Å². The second-order valence-electron chi connectivity index (χ2n) is 17.0. The summed E-state index contributed by atoms with van der Waals surface area (Å²) in [5.74, 6) is -4.45. The van der Waals surface area contributed by atoms with Crippen molar-refractivity contribution in [2.45, 2.75) is 81.2 Å². The molecule has 4 fully saturated rings. The average molecular weight is 864 g/mol. The normalized spacial score (nSPS) is 28.3. The molecule has 0 radical (unpaired) electrons. The van der Waals surface area contributed by atoms with E-state index in [2.05, 4.69) is 20.3 Å². The Morgan fingerprint density at radius 1 is 1.03 bits per heavy atom. The number of nitrogens with one attached hydrogen (secondary N) is 1. The standard InChI is InChI=1S/C41H41F8N7O5/c1-39-12-22(42)15-55(19-39)35-27-14-50-33(32(46)34(27)51-36(52-35)60-20-40-7-3-8-56(40)16-23(43)13-40)26-11-24(61-38(58)54-17-28(30(45)18-54)41(47,48)49)10-21-5-6-29(44)25(31(21)26)4-2-9-59-37(57)53-39/h5-6,10-11,14,22-23,28,30H,2-4,7-9,12-13,15-20H2,1H3,(H,53,57)/t22-,23-,28+,30+,39-,40+/m1/s1. The third kappa shape index (κ3) is 7.68. The lowest BCUT2D eigenvalue weighted by Crippen LogP contribution is -2.60. The van der Waals surface area contributed by atoms with E-state index in [0.717, 1.165) is 12.5 Å². The van der Waals surface area contributed by atoms with E-state index in [1.54, 1.807) is 6.92 Å². The van der Waals surface area contributed by atoms with E-state index in [1.807, 2.05) is 4.90 Å². The largest absolute Gasteiger partial charge is 0.461 e. The Morgan fingerprint density at radius 3 is 2.62 bits per heavy atom. The molecule has 6 aliphatic heterocycles. The summed E-state index contributed by atoms with van der Waals surface area (Å²) in [5.41, 5.74) is -2.63. The molecular weight excluding hydrogens is 822 g/mol. The number of anilines is 1. The molecule has 2 aromatic heterocycles. The molecule has 1 N–H and O–H groups in total. The van der Waals surface area contributed by atoms with Gasteiger partial charge >= 0.3 is 24.4 Å². The highest BCUT2D eigenvalue weighted by atomic mass is 19.4. The molecule has 4 saturated heterocycles. The highest BCUT2D eigenvalue weighted by molar-refractivity contribution is 6.02. The third-order valence-electron chi connectivity index (χ3n) is 12.5. The van der Waals surface area contributed by atoms with E-state index in [0.29, 0.717) is 17.9 Å². The van der Waals surface area contributed by atoms with Gasteiger partial charge in [0.15, 0.2) is 5.82 Å². The summed E-state index contributed by atoms with van der Waals surface area (Å²) in [7, 11) is 0. The predicted molar refractivity (Wildman–Crippen MR) is 204 cm³/mol. The van der Waals surface area contributed by atoms with Gasteiger partial charge < -0.3 is 29.3 Å². The lowest BCUT2D eigenvalue weighted by Gasteiger charge is -2.42. The van der Waals surface area contributed by atoms with E-state index in [1.165, 1.54) is 29.3 Å². The number of piperidine rings is 1. The number of carbonyl (C=O) groups excluding carboxylic acids is 2. The number of amides is 2. The maximum atomic E-state index is 17.5. The lowest BCUT2D eigenvalue weighted by atomic mass is 9.90. The topological polar surface area (TPSA) is 122 Å². The Hall–Kier alpha value is -5.27. The number of alkyl halides is 6. The number of hydrogen-bond acceptors (Lipinski definition) is 10. The second kappa shape index (κ2) is 15.3. The number of benzene rings is 2. The van der Waals surface area contributed by atoms with Gasteiger partial charge in [-0.05, 0) is 73.7 Å². The Morgan fingerprint density at radius 2 is 1.84 bits per heavy atom. The first-order valence-corrected chi connectivity index (χ1v) is 20.1. The number of likely N-dealkylation sites (tertiary alicyclic amines) is 1. The van der Waals surface area contributed by atoms with Crippen LogP contribution in [0.3, 0.4) is 0 Å². The number of fused-ring (bicyclic) bond motifs is 7. The molecule has 0 unspecified atom stereocenters. The quantitative estimate of drug-likeness (QED) is 0.208. The molecule has 0 spiro atoms. The number of ether oxygens (including phenoxy) is 3. The minimum atomic E-state index is -4.91. The summed E-state index contributed by atoms with van der Waals surface area (Å²) < 4.78 is 136. The Labute approximate surface area is 343 Å². The fraction of sp³-hybridized carbons (Fsp3) is 0.537. The van der Waals surface area contributed by atoms with Crippen molar-refractivity contribution in [2.75, 3.05) is 57.4 Å². The van der Waals surface area contributed by atoms with Gasteiger partial charge in [-0.1, -0.05) is 6.07 Å². The zero-order valence-electron chi connectivity index (χ0n) is 32.8. The van der Waals surface area contributed by atoms with Crippen molar-refractivity contribution in [3.63, 3.8) is 0 Å². The number of hydrogen-bond donors (Lipinski definition) is 1. The fourth-order valence-electron chi connectivity index (χ4n) is 9.82. The van der Waals surface area contributed by atoms with E-state index < -0.39 is 84.3 Å². The molecule has 0 saturated carbocycles. The number of alkyl carbamates (subject to hydrolysis) is 1. The minimum absolute atomic E-state index is 0.00668.